The van der Waals surface area contributed by atoms with Crippen LogP contribution in [0.2, 0.25) is 0 Å². The normalized spacial score (nSPS) is 12.9. The summed E-state index contributed by atoms with van der Waals surface area (Å²) in [6.07, 6.45) is -3.87. The maximum absolute atomic E-state index is 13.8. The van der Waals surface area contributed by atoms with Crippen LogP contribution in [0.5, 0.6) is 0 Å². The molecule has 0 aliphatic carbocycles. The predicted molar refractivity (Wildman–Crippen MR) is 60.3 cm³/mol. The smallest absolute Gasteiger partial charge is 0.243 e. The summed E-state index contributed by atoms with van der Waals surface area (Å²) in [6, 6.07) is -1.35. The van der Waals surface area contributed by atoms with E-state index < -0.39 is 35.4 Å². The third-order valence-electron chi connectivity index (χ3n) is 2.70. The highest BCUT2D eigenvalue weighted by Gasteiger charge is 2.62. The van der Waals surface area contributed by atoms with Crippen molar-refractivity contribution in [1.29, 1.82) is 0 Å². The molecule has 120 valence electrons. The Morgan fingerprint density at radius 1 is 1.18 bits per heavy atom. The fourth-order valence-electron chi connectivity index (χ4n) is 1.65. The first-order chi connectivity index (χ1) is 10.1. The summed E-state index contributed by atoms with van der Waals surface area (Å²) in [5, 5.41) is 12.9. The van der Waals surface area contributed by atoms with Gasteiger partial charge < -0.3 is 0 Å². The molecule has 0 saturated carbocycles. The zero-order chi connectivity index (χ0) is 16.7. The molecule has 0 atom stereocenters. The Bertz CT molecular complexity index is 675. The fraction of sp³-hybridized carbons (Fsp3) is 0.500. The van der Waals surface area contributed by atoms with Crippen molar-refractivity contribution in [2.75, 3.05) is 0 Å². The van der Waals surface area contributed by atoms with Crippen LogP contribution >= 0.6 is 0 Å². The number of rotatable bonds is 2. The number of alkyl halides is 5. The summed E-state index contributed by atoms with van der Waals surface area (Å²) in [6.45, 7) is 2.70. The van der Waals surface area contributed by atoms with Crippen molar-refractivity contribution in [3.63, 3.8) is 0 Å². The van der Waals surface area contributed by atoms with Gasteiger partial charge in [-0.15, -0.1) is 10.2 Å². The van der Waals surface area contributed by atoms with E-state index in [2.05, 4.69) is 20.6 Å². The van der Waals surface area contributed by atoms with Crippen LogP contribution in [-0.2, 0) is 5.92 Å². The lowest BCUT2D eigenvalue weighted by Crippen LogP contribution is -2.39. The largest absolute Gasteiger partial charge is 0.459 e. The molecule has 2 heterocycles. The SMILES string of the molecule is CC(C)c1nnn(C(=O)n2ccnn2)c1C(F)(F)C(F)(F)F. The van der Waals surface area contributed by atoms with Gasteiger partial charge in [0, 0.05) is 0 Å². The van der Waals surface area contributed by atoms with Crippen LogP contribution in [0, 0.1) is 0 Å². The summed E-state index contributed by atoms with van der Waals surface area (Å²) >= 11 is 0. The lowest BCUT2D eigenvalue weighted by atomic mass is 10.0. The highest BCUT2D eigenvalue weighted by molar-refractivity contribution is 5.78. The molecular formula is C10H9F5N6O. The molecule has 0 amide bonds. The fourth-order valence-corrected chi connectivity index (χ4v) is 1.65. The van der Waals surface area contributed by atoms with Gasteiger partial charge in [-0.25, -0.2) is 4.79 Å². The van der Waals surface area contributed by atoms with Crippen LogP contribution < -0.4 is 0 Å². The Kier molecular flexibility index (Phi) is 3.71. The van der Waals surface area contributed by atoms with Gasteiger partial charge in [-0.2, -0.15) is 31.3 Å². The molecule has 0 spiro atoms. The minimum atomic E-state index is -5.90. The van der Waals surface area contributed by atoms with Crippen LogP contribution in [0.15, 0.2) is 12.4 Å². The summed E-state index contributed by atoms with van der Waals surface area (Å²) in [4.78, 5) is 12.0. The third-order valence-corrected chi connectivity index (χ3v) is 2.70. The highest BCUT2D eigenvalue weighted by Crippen LogP contribution is 2.45. The van der Waals surface area contributed by atoms with Gasteiger partial charge in [0.25, 0.3) is 0 Å². The van der Waals surface area contributed by atoms with Crippen LogP contribution in [-0.4, -0.2) is 42.2 Å². The highest BCUT2D eigenvalue weighted by atomic mass is 19.4. The Morgan fingerprint density at radius 2 is 1.82 bits per heavy atom. The first-order valence-electron chi connectivity index (χ1n) is 5.89. The first kappa shape index (κ1) is 16.0. The van der Waals surface area contributed by atoms with Crippen LogP contribution in [0.4, 0.5) is 26.7 Å². The second-order valence-corrected chi connectivity index (χ2v) is 4.59. The zero-order valence-electron chi connectivity index (χ0n) is 11.2. The monoisotopic (exact) mass is 324 g/mol. The van der Waals surface area contributed by atoms with E-state index in [1.807, 2.05) is 0 Å². The number of hydrogen-bond acceptors (Lipinski definition) is 5. The van der Waals surface area contributed by atoms with Crippen LogP contribution in [0.1, 0.15) is 31.2 Å². The van der Waals surface area contributed by atoms with Gasteiger partial charge in [-0.3, -0.25) is 0 Å². The molecule has 0 aliphatic rings. The molecule has 12 heteroatoms. The van der Waals surface area contributed by atoms with E-state index in [1.54, 1.807) is 0 Å². The average molecular weight is 324 g/mol. The van der Waals surface area contributed by atoms with Crippen molar-refractivity contribution in [1.82, 2.24) is 30.0 Å². The molecule has 0 aromatic carbocycles. The van der Waals surface area contributed by atoms with Gasteiger partial charge in [-0.05, 0) is 5.92 Å². The predicted octanol–water partition coefficient (Wildman–Crippen LogP) is 2.16. The summed E-state index contributed by atoms with van der Waals surface area (Å²) in [7, 11) is 0. The van der Waals surface area contributed by atoms with Crippen molar-refractivity contribution in [2.45, 2.75) is 31.9 Å². The minimum Gasteiger partial charge on any atom is -0.243 e. The van der Waals surface area contributed by atoms with E-state index >= 15 is 0 Å². The van der Waals surface area contributed by atoms with E-state index in [9.17, 15) is 26.7 Å². The van der Waals surface area contributed by atoms with Gasteiger partial charge in [-0.1, -0.05) is 24.3 Å². The summed E-state index contributed by atoms with van der Waals surface area (Å²) in [5.41, 5.74) is -2.26. The van der Waals surface area contributed by atoms with Crippen molar-refractivity contribution in [3.8, 4) is 0 Å². The molecule has 0 unspecified atom stereocenters. The van der Waals surface area contributed by atoms with Gasteiger partial charge in [0.2, 0.25) is 0 Å². The lowest BCUT2D eigenvalue weighted by Gasteiger charge is -2.21. The molecule has 0 N–H and O–H groups in total. The van der Waals surface area contributed by atoms with Crippen LogP contribution in [0.25, 0.3) is 0 Å². The average Bonchev–Trinajstić information content (AvgIpc) is 3.06. The number of aromatic nitrogens is 6. The van der Waals surface area contributed by atoms with Crippen molar-refractivity contribution < 1.29 is 26.7 Å². The number of carbonyl (C=O) groups is 1. The van der Waals surface area contributed by atoms with Crippen molar-refractivity contribution in [2.24, 2.45) is 0 Å². The molecule has 0 fully saturated rings. The third kappa shape index (κ3) is 2.44. The van der Waals surface area contributed by atoms with Gasteiger partial charge in [0.15, 0.2) is 5.69 Å². The van der Waals surface area contributed by atoms with Crippen molar-refractivity contribution >= 4 is 6.03 Å². The van der Waals surface area contributed by atoms with E-state index in [4.69, 9.17) is 0 Å². The number of nitrogens with zero attached hydrogens (tertiary/aromatic N) is 6. The Hall–Kier alpha value is -2.40. The molecule has 2 rings (SSSR count). The molecule has 0 bridgehead atoms. The molecule has 0 saturated heterocycles. The Labute approximate surface area is 119 Å². The molecule has 0 aliphatic heterocycles. The van der Waals surface area contributed by atoms with Crippen LogP contribution in [0.3, 0.4) is 0 Å². The topological polar surface area (TPSA) is 78.5 Å². The number of hydrogen-bond donors (Lipinski definition) is 0. The van der Waals surface area contributed by atoms with E-state index in [1.165, 1.54) is 13.8 Å². The maximum Gasteiger partial charge on any atom is 0.459 e. The first-order valence-corrected chi connectivity index (χ1v) is 5.89. The number of halogens is 5. The van der Waals surface area contributed by atoms with Crippen molar-refractivity contribution in [3.05, 3.63) is 23.8 Å². The molecule has 0 radical (unpaired) electrons. The summed E-state index contributed by atoms with van der Waals surface area (Å²) in [5.74, 6) is -6.10. The van der Waals surface area contributed by atoms with Gasteiger partial charge >= 0.3 is 18.1 Å². The summed E-state index contributed by atoms with van der Waals surface area (Å²) < 4.78 is 65.8. The Balaban J connectivity index is 2.65. The van der Waals surface area contributed by atoms with E-state index in [0.29, 0.717) is 4.68 Å². The second kappa shape index (κ2) is 5.10. The molecular weight excluding hydrogens is 315 g/mol. The second-order valence-electron chi connectivity index (χ2n) is 4.59. The standard InChI is InChI=1S/C10H9F5N6O/c1-5(2)6-7(9(11,12)10(13,14)15)21(19-17-6)8(22)20-4-3-16-18-20/h3-5H,1-2H3. The van der Waals surface area contributed by atoms with E-state index in [0.717, 1.165) is 12.4 Å². The number of carbonyl (C=O) groups excluding carboxylic acids is 1. The Morgan fingerprint density at radius 3 is 2.27 bits per heavy atom. The lowest BCUT2D eigenvalue weighted by molar-refractivity contribution is -0.291. The van der Waals surface area contributed by atoms with Gasteiger partial charge in [0.1, 0.15) is 0 Å². The molecule has 7 nitrogen and oxygen atoms in total. The molecule has 2 aromatic heterocycles. The van der Waals surface area contributed by atoms with E-state index in [-0.39, 0.29) is 4.68 Å². The quantitative estimate of drug-likeness (QED) is 0.791. The zero-order valence-corrected chi connectivity index (χ0v) is 11.2. The molecule has 2 aromatic rings. The van der Waals surface area contributed by atoms with Gasteiger partial charge in [0.05, 0.1) is 18.1 Å². The maximum atomic E-state index is 13.8. The minimum absolute atomic E-state index is 0.114. The molecule has 22 heavy (non-hydrogen) atoms.